The summed E-state index contributed by atoms with van der Waals surface area (Å²) in [5.41, 5.74) is -0.0482. The van der Waals surface area contributed by atoms with Crippen molar-refractivity contribution in [3.63, 3.8) is 0 Å². The minimum Gasteiger partial charge on any atom is -0.379 e. The number of hydrogen-bond acceptors (Lipinski definition) is 4. The van der Waals surface area contributed by atoms with Crippen molar-refractivity contribution < 1.29 is 13.2 Å². The van der Waals surface area contributed by atoms with Crippen molar-refractivity contribution in [1.82, 2.24) is 5.32 Å². The fourth-order valence-corrected chi connectivity index (χ4v) is 2.58. The van der Waals surface area contributed by atoms with Crippen LogP contribution in [0.5, 0.6) is 0 Å². The van der Waals surface area contributed by atoms with Crippen LogP contribution in [0.2, 0.25) is 0 Å². The molecule has 0 bridgehead atoms. The summed E-state index contributed by atoms with van der Waals surface area (Å²) in [7, 11) is -3.02. The summed E-state index contributed by atoms with van der Waals surface area (Å²) in [6.07, 6.45) is 0.947. The molecule has 0 radical (unpaired) electrons. The second-order valence-electron chi connectivity index (χ2n) is 5.72. The van der Waals surface area contributed by atoms with E-state index in [2.05, 4.69) is 12.2 Å². The first-order valence-electron chi connectivity index (χ1n) is 5.71. The molecule has 1 aliphatic rings. The first kappa shape index (κ1) is 13.9. The van der Waals surface area contributed by atoms with E-state index in [9.17, 15) is 8.42 Å². The summed E-state index contributed by atoms with van der Waals surface area (Å²) in [6.45, 7) is 9.22. The molecule has 1 saturated heterocycles. The molecule has 0 aliphatic carbocycles. The Balaban J connectivity index is 2.41. The third kappa shape index (κ3) is 3.43. The molecule has 1 heterocycles. The van der Waals surface area contributed by atoms with Crippen LogP contribution in [0.4, 0.5) is 0 Å². The molecule has 96 valence electrons. The molecular weight excluding hydrogens is 226 g/mol. The van der Waals surface area contributed by atoms with Crippen LogP contribution in [-0.4, -0.2) is 44.2 Å². The highest BCUT2D eigenvalue weighted by Gasteiger charge is 2.32. The highest BCUT2D eigenvalue weighted by Crippen LogP contribution is 2.18. The standard InChI is InChI=1S/C11H23NO3S/c1-10(2,3)16(13,14)8-6-12-11(4)5-7-15-9-11/h12H,5-9H2,1-4H3. The molecule has 0 aromatic rings. The monoisotopic (exact) mass is 249 g/mol. The molecule has 1 N–H and O–H groups in total. The van der Waals surface area contributed by atoms with Crippen LogP contribution in [0, 0.1) is 0 Å². The van der Waals surface area contributed by atoms with Crippen molar-refractivity contribution in [2.45, 2.75) is 44.4 Å². The minimum absolute atomic E-state index is 0.0482. The zero-order valence-electron chi connectivity index (χ0n) is 10.7. The maximum atomic E-state index is 11.9. The van der Waals surface area contributed by atoms with Crippen LogP contribution in [0.25, 0.3) is 0 Å². The summed E-state index contributed by atoms with van der Waals surface area (Å²) in [5, 5.41) is 3.28. The van der Waals surface area contributed by atoms with E-state index in [0.29, 0.717) is 13.2 Å². The van der Waals surface area contributed by atoms with Gasteiger partial charge in [-0.25, -0.2) is 8.42 Å². The summed E-state index contributed by atoms with van der Waals surface area (Å²) in [5.74, 6) is 0.187. The maximum absolute atomic E-state index is 11.9. The lowest BCUT2D eigenvalue weighted by atomic mass is 10.0. The largest absolute Gasteiger partial charge is 0.379 e. The molecule has 1 rings (SSSR count). The SMILES string of the molecule is CC1(NCCS(=O)(=O)C(C)(C)C)CCOC1. The van der Waals surface area contributed by atoms with Crippen molar-refractivity contribution in [3.05, 3.63) is 0 Å². The van der Waals surface area contributed by atoms with Crippen molar-refractivity contribution >= 4 is 9.84 Å². The molecule has 5 heteroatoms. The van der Waals surface area contributed by atoms with Crippen LogP contribution in [0.3, 0.4) is 0 Å². The minimum atomic E-state index is -3.02. The number of hydrogen-bond donors (Lipinski definition) is 1. The molecular formula is C11H23NO3S. The van der Waals surface area contributed by atoms with Crippen molar-refractivity contribution in [2.75, 3.05) is 25.5 Å². The van der Waals surface area contributed by atoms with E-state index in [1.807, 2.05) is 0 Å². The summed E-state index contributed by atoms with van der Waals surface area (Å²) in [4.78, 5) is 0. The van der Waals surface area contributed by atoms with Crippen LogP contribution < -0.4 is 5.32 Å². The Morgan fingerprint density at radius 2 is 2.00 bits per heavy atom. The van der Waals surface area contributed by atoms with Gasteiger partial charge < -0.3 is 10.1 Å². The third-order valence-corrected chi connectivity index (χ3v) is 5.68. The second kappa shape index (κ2) is 4.63. The first-order chi connectivity index (χ1) is 7.16. The van der Waals surface area contributed by atoms with Gasteiger partial charge in [0.2, 0.25) is 0 Å². The molecule has 1 aliphatic heterocycles. The first-order valence-corrected chi connectivity index (χ1v) is 7.37. The second-order valence-corrected chi connectivity index (χ2v) is 8.58. The van der Waals surface area contributed by atoms with Gasteiger partial charge >= 0.3 is 0 Å². The predicted octanol–water partition coefficient (Wildman–Crippen LogP) is 0.968. The van der Waals surface area contributed by atoms with Gasteiger partial charge in [0.15, 0.2) is 9.84 Å². The number of rotatable bonds is 4. The third-order valence-electron chi connectivity index (χ3n) is 3.07. The maximum Gasteiger partial charge on any atom is 0.156 e. The molecule has 0 saturated carbocycles. The molecule has 1 fully saturated rings. The average molecular weight is 249 g/mol. The molecule has 1 unspecified atom stereocenters. The highest BCUT2D eigenvalue weighted by atomic mass is 32.2. The molecule has 0 amide bonds. The normalized spacial score (nSPS) is 27.2. The Labute approximate surface area is 98.7 Å². The number of nitrogens with one attached hydrogen (secondary N) is 1. The van der Waals surface area contributed by atoms with E-state index in [1.165, 1.54) is 0 Å². The zero-order chi connectivity index (χ0) is 12.4. The quantitative estimate of drug-likeness (QED) is 0.806. The molecule has 1 atom stereocenters. The van der Waals surface area contributed by atoms with Gasteiger partial charge in [0.1, 0.15) is 0 Å². The average Bonchev–Trinajstić information content (AvgIpc) is 2.50. The van der Waals surface area contributed by atoms with E-state index < -0.39 is 14.6 Å². The van der Waals surface area contributed by atoms with Gasteiger partial charge in [0, 0.05) is 18.7 Å². The lowest BCUT2D eigenvalue weighted by Crippen LogP contribution is -2.46. The fourth-order valence-electron chi connectivity index (χ4n) is 1.60. The van der Waals surface area contributed by atoms with Gasteiger partial charge in [0.05, 0.1) is 17.1 Å². The molecule has 0 aromatic carbocycles. The lowest BCUT2D eigenvalue weighted by Gasteiger charge is -2.25. The van der Waals surface area contributed by atoms with Gasteiger partial charge in [-0.05, 0) is 34.1 Å². The summed E-state index contributed by atoms with van der Waals surface area (Å²) >= 11 is 0. The van der Waals surface area contributed by atoms with Gasteiger partial charge in [-0.1, -0.05) is 0 Å². The Morgan fingerprint density at radius 3 is 2.44 bits per heavy atom. The van der Waals surface area contributed by atoms with Crippen molar-refractivity contribution in [1.29, 1.82) is 0 Å². The van der Waals surface area contributed by atoms with E-state index in [1.54, 1.807) is 20.8 Å². The molecule has 16 heavy (non-hydrogen) atoms. The molecule has 0 aromatic heterocycles. The number of ether oxygens (including phenoxy) is 1. The molecule has 4 nitrogen and oxygen atoms in total. The van der Waals surface area contributed by atoms with Gasteiger partial charge in [-0.2, -0.15) is 0 Å². The number of sulfone groups is 1. The van der Waals surface area contributed by atoms with Gasteiger partial charge in [-0.3, -0.25) is 0 Å². The van der Waals surface area contributed by atoms with Crippen LogP contribution >= 0.6 is 0 Å². The highest BCUT2D eigenvalue weighted by molar-refractivity contribution is 7.92. The van der Waals surface area contributed by atoms with E-state index in [0.717, 1.165) is 13.0 Å². The Bertz CT molecular complexity index is 324. The van der Waals surface area contributed by atoms with Crippen LogP contribution in [0.1, 0.15) is 34.1 Å². The topological polar surface area (TPSA) is 55.4 Å². The molecule has 0 spiro atoms. The van der Waals surface area contributed by atoms with Crippen LogP contribution in [-0.2, 0) is 14.6 Å². The smallest absolute Gasteiger partial charge is 0.156 e. The van der Waals surface area contributed by atoms with Gasteiger partial charge in [-0.15, -0.1) is 0 Å². The zero-order valence-corrected chi connectivity index (χ0v) is 11.5. The summed E-state index contributed by atoms with van der Waals surface area (Å²) in [6, 6.07) is 0. The Kier molecular flexibility index (Phi) is 4.03. The van der Waals surface area contributed by atoms with E-state index >= 15 is 0 Å². The Morgan fingerprint density at radius 1 is 1.38 bits per heavy atom. The van der Waals surface area contributed by atoms with Gasteiger partial charge in [0.25, 0.3) is 0 Å². The van der Waals surface area contributed by atoms with E-state index in [-0.39, 0.29) is 11.3 Å². The Hall–Kier alpha value is -0.130. The lowest BCUT2D eigenvalue weighted by molar-refractivity contribution is 0.172. The van der Waals surface area contributed by atoms with Crippen LogP contribution in [0.15, 0.2) is 0 Å². The van der Waals surface area contributed by atoms with Crippen molar-refractivity contribution in [2.24, 2.45) is 0 Å². The fraction of sp³-hybridized carbons (Fsp3) is 1.00. The summed E-state index contributed by atoms with van der Waals surface area (Å²) < 4.78 is 28.4. The van der Waals surface area contributed by atoms with E-state index in [4.69, 9.17) is 4.74 Å². The van der Waals surface area contributed by atoms with Crippen molar-refractivity contribution in [3.8, 4) is 0 Å². The predicted molar refractivity (Wildman–Crippen MR) is 65.4 cm³/mol.